The number of amides is 1. The highest BCUT2D eigenvalue weighted by molar-refractivity contribution is 9.10. The second kappa shape index (κ2) is 4.96. The molecule has 2 aromatic heterocycles. The van der Waals surface area contributed by atoms with E-state index in [9.17, 15) is 14.4 Å². The van der Waals surface area contributed by atoms with E-state index < -0.39 is 17.2 Å². The van der Waals surface area contributed by atoms with Gasteiger partial charge in [0.1, 0.15) is 5.56 Å². The van der Waals surface area contributed by atoms with Crippen LogP contribution < -0.4 is 16.6 Å². The van der Waals surface area contributed by atoms with Crippen molar-refractivity contribution in [3.05, 3.63) is 55.5 Å². The van der Waals surface area contributed by atoms with Crippen molar-refractivity contribution in [2.45, 2.75) is 0 Å². The van der Waals surface area contributed by atoms with Crippen LogP contribution in [0, 0.1) is 0 Å². The van der Waals surface area contributed by atoms with E-state index in [-0.39, 0.29) is 5.56 Å². The van der Waals surface area contributed by atoms with Gasteiger partial charge in [-0.2, -0.15) is 0 Å². The smallest absolute Gasteiger partial charge is 0.320 e. The minimum atomic E-state index is -0.751. The highest BCUT2D eigenvalue weighted by Crippen LogP contribution is 2.13. The van der Waals surface area contributed by atoms with Crippen molar-refractivity contribution in [2.24, 2.45) is 0 Å². The average molecular weight is 311 g/mol. The zero-order valence-electron chi connectivity index (χ0n) is 8.86. The Morgan fingerprint density at radius 3 is 2.78 bits per heavy atom. The van der Waals surface area contributed by atoms with E-state index in [1.807, 2.05) is 4.98 Å². The zero-order valence-corrected chi connectivity index (χ0v) is 10.4. The largest absolute Gasteiger partial charge is 0.325 e. The number of nitrogens with zero attached hydrogens (tertiary/aromatic N) is 1. The molecule has 0 aliphatic carbocycles. The number of anilines is 1. The van der Waals surface area contributed by atoms with Crippen LogP contribution in [0.25, 0.3) is 0 Å². The summed E-state index contributed by atoms with van der Waals surface area (Å²) in [6, 6.07) is 1.63. The maximum absolute atomic E-state index is 11.8. The van der Waals surface area contributed by atoms with Gasteiger partial charge in [0, 0.05) is 16.9 Å². The summed E-state index contributed by atoms with van der Waals surface area (Å²) in [6.07, 6.45) is 4.05. The molecule has 0 bridgehead atoms. The standard InChI is InChI=1S/C10H7BrN4O3/c11-5-1-6(3-12-2-5)14-8(16)7-4-13-10(18)15-9(7)17/h1-4H,(H,14,16)(H2,13,15,17,18). The van der Waals surface area contributed by atoms with Crippen LogP contribution in [0.2, 0.25) is 0 Å². The Morgan fingerprint density at radius 2 is 2.11 bits per heavy atom. The summed E-state index contributed by atoms with van der Waals surface area (Å²) in [7, 11) is 0. The third kappa shape index (κ3) is 2.72. The first-order valence-electron chi connectivity index (χ1n) is 4.80. The van der Waals surface area contributed by atoms with E-state index in [1.165, 1.54) is 6.20 Å². The van der Waals surface area contributed by atoms with Crippen molar-refractivity contribution in [1.82, 2.24) is 15.0 Å². The number of aromatic amines is 2. The van der Waals surface area contributed by atoms with E-state index in [0.29, 0.717) is 10.2 Å². The predicted molar refractivity (Wildman–Crippen MR) is 67.6 cm³/mol. The van der Waals surface area contributed by atoms with Crippen LogP contribution in [0.1, 0.15) is 10.4 Å². The third-order valence-electron chi connectivity index (χ3n) is 2.03. The number of nitrogens with one attached hydrogen (secondary N) is 3. The lowest BCUT2D eigenvalue weighted by Crippen LogP contribution is -2.29. The Hall–Kier alpha value is -2.22. The molecule has 92 valence electrons. The molecule has 2 aromatic rings. The van der Waals surface area contributed by atoms with E-state index in [2.05, 4.69) is 31.2 Å². The molecule has 0 fully saturated rings. The van der Waals surface area contributed by atoms with Crippen molar-refractivity contribution < 1.29 is 4.79 Å². The maximum atomic E-state index is 11.8. The van der Waals surface area contributed by atoms with Crippen LogP contribution in [0.4, 0.5) is 5.69 Å². The summed E-state index contributed by atoms with van der Waals surface area (Å²) in [4.78, 5) is 42.0. The molecule has 8 heteroatoms. The molecular formula is C10H7BrN4O3. The Morgan fingerprint density at radius 1 is 1.33 bits per heavy atom. The predicted octanol–water partition coefficient (Wildman–Crippen LogP) is 0.473. The molecule has 0 aliphatic rings. The van der Waals surface area contributed by atoms with Crippen LogP contribution in [0.5, 0.6) is 0 Å². The summed E-state index contributed by atoms with van der Waals surface area (Å²) in [5.41, 5.74) is -1.17. The number of hydrogen-bond donors (Lipinski definition) is 3. The maximum Gasteiger partial charge on any atom is 0.325 e. The average Bonchev–Trinajstić information content (AvgIpc) is 2.28. The van der Waals surface area contributed by atoms with Gasteiger partial charge in [-0.25, -0.2) is 4.79 Å². The van der Waals surface area contributed by atoms with Gasteiger partial charge >= 0.3 is 5.69 Å². The lowest BCUT2D eigenvalue weighted by atomic mass is 10.3. The molecule has 0 saturated carbocycles. The van der Waals surface area contributed by atoms with Crippen LogP contribution in [-0.2, 0) is 0 Å². The fourth-order valence-corrected chi connectivity index (χ4v) is 1.62. The molecule has 7 nitrogen and oxygen atoms in total. The molecule has 0 aromatic carbocycles. The molecule has 0 radical (unpaired) electrons. The molecule has 18 heavy (non-hydrogen) atoms. The summed E-state index contributed by atoms with van der Waals surface area (Å²) < 4.78 is 0.690. The molecular weight excluding hydrogens is 304 g/mol. The van der Waals surface area contributed by atoms with Gasteiger partial charge in [-0.1, -0.05) is 0 Å². The van der Waals surface area contributed by atoms with Gasteiger partial charge in [0.2, 0.25) is 0 Å². The third-order valence-corrected chi connectivity index (χ3v) is 2.46. The first-order chi connectivity index (χ1) is 8.56. The molecule has 3 N–H and O–H groups in total. The van der Waals surface area contributed by atoms with Crippen LogP contribution >= 0.6 is 15.9 Å². The van der Waals surface area contributed by atoms with Gasteiger partial charge in [-0.3, -0.25) is 19.6 Å². The summed E-state index contributed by atoms with van der Waals surface area (Å²) in [5.74, 6) is -0.632. The van der Waals surface area contributed by atoms with Gasteiger partial charge in [-0.15, -0.1) is 0 Å². The summed E-state index contributed by atoms with van der Waals surface area (Å²) in [6.45, 7) is 0. The summed E-state index contributed by atoms with van der Waals surface area (Å²) in [5, 5.41) is 2.49. The first kappa shape index (κ1) is 12.2. The number of aromatic nitrogens is 3. The molecule has 2 heterocycles. The normalized spacial score (nSPS) is 10.1. The lowest BCUT2D eigenvalue weighted by Gasteiger charge is -2.03. The Bertz CT molecular complexity index is 707. The molecule has 0 atom stereocenters. The van der Waals surface area contributed by atoms with Crippen molar-refractivity contribution in [1.29, 1.82) is 0 Å². The van der Waals surface area contributed by atoms with E-state index in [1.54, 1.807) is 12.3 Å². The van der Waals surface area contributed by atoms with E-state index >= 15 is 0 Å². The van der Waals surface area contributed by atoms with Crippen molar-refractivity contribution in [3.8, 4) is 0 Å². The topological polar surface area (TPSA) is 108 Å². The van der Waals surface area contributed by atoms with Crippen LogP contribution in [-0.4, -0.2) is 20.9 Å². The van der Waals surface area contributed by atoms with Gasteiger partial charge in [0.25, 0.3) is 11.5 Å². The highest BCUT2D eigenvalue weighted by Gasteiger charge is 2.11. The second-order valence-corrected chi connectivity index (χ2v) is 4.25. The monoisotopic (exact) mass is 310 g/mol. The Labute approximate surface area is 108 Å². The first-order valence-corrected chi connectivity index (χ1v) is 5.59. The van der Waals surface area contributed by atoms with E-state index in [0.717, 1.165) is 6.20 Å². The van der Waals surface area contributed by atoms with Crippen molar-refractivity contribution in [3.63, 3.8) is 0 Å². The number of rotatable bonds is 2. The molecule has 1 amide bonds. The van der Waals surface area contributed by atoms with Gasteiger partial charge in [0.05, 0.1) is 11.9 Å². The molecule has 0 aliphatic heterocycles. The number of carbonyl (C=O) groups is 1. The quantitative estimate of drug-likeness (QED) is 0.749. The zero-order chi connectivity index (χ0) is 13.1. The number of H-pyrrole nitrogens is 2. The van der Waals surface area contributed by atoms with E-state index in [4.69, 9.17) is 0 Å². The molecule has 0 saturated heterocycles. The number of hydrogen-bond acceptors (Lipinski definition) is 4. The van der Waals surface area contributed by atoms with Crippen LogP contribution in [0.3, 0.4) is 0 Å². The molecule has 2 rings (SSSR count). The Kier molecular flexibility index (Phi) is 3.38. The molecule has 0 unspecified atom stereocenters. The van der Waals surface area contributed by atoms with Gasteiger partial charge in [-0.05, 0) is 22.0 Å². The minimum absolute atomic E-state index is 0.186. The van der Waals surface area contributed by atoms with Crippen LogP contribution in [0.15, 0.2) is 38.7 Å². The summed E-state index contributed by atoms with van der Waals surface area (Å²) >= 11 is 3.20. The van der Waals surface area contributed by atoms with Crippen molar-refractivity contribution in [2.75, 3.05) is 5.32 Å². The molecule has 0 spiro atoms. The van der Waals surface area contributed by atoms with Gasteiger partial charge < -0.3 is 10.3 Å². The number of carbonyl (C=O) groups excluding carboxylic acids is 1. The fraction of sp³-hybridized carbons (Fsp3) is 0. The lowest BCUT2D eigenvalue weighted by molar-refractivity contribution is 0.102. The second-order valence-electron chi connectivity index (χ2n) is 3.33. The van der Waals surface area contributed by atoms with Crippen molar-refractivity contribution >= 4 is 27.5 Å². The SMILES string of the molecule is O=C(Nc1cncc(Br)c1)c1c[nH]c(=O)[nH]c1=O. The fourth-order valence-electron chi connectivity index (χ4n) is 1.26. The number of pyridine rings is 1. The van der Waals surface area contributed by atoms with Gasteiger partial charge in [0.15, 0.2) is 0 Å². The highest BCUT2D eigenvalue weighted by atomic mass is 79.9. The minimum Gasteiger partial charge on any atom is -0.320 e. The number of halogens is 1. The Balaban J connectivity index is 2.27.